The van der Waals surface area contributed by atoms with Gasteiger partial charge in [0.1, 0.15) is 11.8 Å². The van der Waals surface area contributed by atoms with Crippen LogP contribution in [-0.2, 0) is 14.8 Å². The number of amides is 2. The predicted octanol–water partition coefficient (Wildman–Crippen LogP) is 2.73. The molecule has 0 aliphatic heterocycles. The fourth-order valence-electron chi connectivity index (χ4n) is 2.77. The van der Waals surface area contributed by atoms with Gasteiger partial charge in [-0.2, -0.15) is 0 Å². The largest absolute Gasteiger partial charge is 0.494 e. The summed E-state index contributed by atoms with van der Waals surface area (Å²) in [4.78, 5) is 25.5. The van der Waals surface area contributed by atoms with Crippen molar-refractivity contribution in [3.63, 3.8) is 0 Å². The van der Waals surface area contributed by atoms with Crippen LogP contribution in [0, 0.1) is 5.92 Å². The molecule has 0 saturated heterocycles. The zero-order chi connectivity index (χ0) is 23.2. The molecule has 2 aromatic rings. The summed E-state index contributed by atoms with van der Waals surface area (Å²) < 4.78 is 30.8. The molecule has 0 aliphatic carbocycles. The average molecular weight is 448 g/mol. The molecule has 0 bridgehead atoms. The van der Waals surface area contributed by atoms with Gasteiger partial charge in [0, 0.05) is 25.3 Å². The van der Waals surface area contributed by atoms with Gasteiger partial charge in [0.15, 0.2) is 0 Å². The summed E-state index contributed by atoms with van der Waals surface area (Å²) in [5.74, 6) is -0.265. The number of rotatable bonds is 9. The minimum atomic E-state index is -3.55. The highest BCUT2D eigenvalue weighted by atomic mass is 32.2. The van der Waals surface area contributed by atoms with Gasteiger partial charge in [-0.25, -0.2) is 12.7 Å². The maximum atomic E-state index is 12.8. The molecule has 8 nitrogen and oxygen atoms in total. The molecule has 0 aliphatic rings. The van der Waals surface area contributed by atoms with E-state index in [9.17, 15) is 18.0 Å². The van der Waals surface area contributed by atoms with Crippen molar-refractivity contribution in [1.82, 2.24) is 9.62 Å². The van der Waals surface area contributed by atoms with E-state index in [1.54, 1.807) is 24.3 Å². The SMILES string of the molecule is CCOc1ccc(C(=O)N[C@@H](C(=O)Nc2ccc(S(=O)(=O)N(C)C)cc2)C(C)C)cc1. The molecule has 0 aromatic heterocycles. The highest BCUT2D eigenvalue weighted by Gasteiger charge is 2.25. The number of nitrogens with one attached hydrogen (secondary N) is 2. The van der Waals surface area contributed by atoms with Gasteiger partial charge in [-0.3, -0.25) is 9.59 Å². The lowest BCUT2D eigenvalue weighted by Gasteiger charge is -2.22. The Morgan fingerprint density at radius 1 is 1.00 bits per heavy atom. The number of ether oxygens (including phenoxy) is 1. The number of hydrogen-bond acceptors (Lipinski definition) is 5. The van der Waals surface area contributed by atoms with E-state index in [-0.39, 0.29) is 16.7 Å². The van der Waals surface area contributed by atoms with Crippen LogP contribution in [0.1, 0.15) is 31.1 Å². The topological polar surface area (TPSA) is 105 Å². The first kappa shape index (κ1) is 24.4. The van der Waals surface area contributed by atoms with E-state index >= 15 is 0 Å². The van der Waals surface area contributed by atoms with Gasteiger partial charge in [0.25, 0.3) is 5.91 Å². The van der Waals surface area contributed by atoms with E-state index in [2.05, 4.69) is 10.6 Å². The summed E-state index contributed by atoms with van der Waals surface area (Å²) in [6.45, 7) is 6.06. The quantitative estimate of drug-likeness (QED) is 0.615. The molecular weight excluding hydrogens is 418 g/mol. The molecule has 9 heteroatoms. The second-order valence-corrected chi connectivity index (χ2v) is 9.61. The van der Waals surface area contributed by atoms with Crippen molar-refractivity contribution in [1.29, 1.82) is 0 Å². The normalized spacial score (nSPS) is 12.5. The number of carbonyl (C=O) groups excluding carboxylic acids is 2. The summed E-state index contributed by atoms with van der Waals surface area (Å²) in [5, 5.41) is 5.49. The predicted molar refractivity (Wildman–Crippen MR) is 120 cm³/mol. The lowest BCUT2D eigenvalue weighted by atomic mass is 10.0. The first-order chi connectivity index (χ1) is 14.6. The summed E-state index contributed by atoms with van der Waals surface area (Å²) >= 11 is 0. The smallest absolute Gasteiger partial charge is 0.251 e. The molecule has 2 amide bonds. The van der Waals surface area contributed by atoms with Crippen LogP contribution in [0.4, 0.5) is 5.69 Å². The molecule has 2 rings (SSSR count). The van der Waals surface area contributed by atoms with Crippen LogP contribution in [0.25, 0.3) is 0 Å². The minimum absolute atomic E-state index is 0.125. The third-order valence-corrected chi connectivity index (χ3v) is 6.39. The van der Waals surface area contributed by atoms with E-state index in [1.165, 1.54) is 38.4 Å². The van der Waals surface area contributed by atoms with Gasteiger partial charge in [0.2, 0.25) is 15.9 Å². The van der Waals surface area contributed by atoms with Crippen molar-refractivity contribution in [3.05, 3.63) is 54.1 Å². The molecule has 0 radical (unpaired) electrons. The molecule has 0 heterocycles. The van der Waals surface area contributed by atoms with E-state index in [0.717, 1.165) is 4.31 Å². The van der Waals surface area contributed by atoms with Crippen molar-refractivity contribution in [2.75, 3.05) is 26.0 Å². The zero-order valence-electron chi connectivity index (χ0n) is 18.4. The Bertz CT molecular complexity index is 1000. The van der Waals surface area contributed by atoms with Gasteiger partial charge in [0.05, 0.1) is 11.5 Å². The summed E-state index contributed by atoms with van der Waals surface area (Å²) in [5.41, 5.74) is 0.851. The maximum Gasteiger partial charge on any atom is 0.251 e. The van der Waals surface area contributed by atoms with E-state index in [4.69, 9.17) is 4.74 Å². The van der Waals surface area contributed by atoms with Crippen molar-refractivity contribution in [2.45, 2.75) is 31.7 Å². The molecule has 0 unspecified atom stereocenters. The Labute approximate surface area is 183 Å². The fraction of sp³-hybridized carbons (Fsp3) is 0.364. The second-order valence-electron chi connectivity index (χ2n) is 7.45. The van der Waals surface area contributed by atoms with Gasteiger partial charge < -0.3 is 15.4 Å². The molecule has 31 heavy (non-hydrogen) atoms. The van der Waals surface area contributed by atoms with E-state index < -0.39 is 22.0 Å². The van der Waals surface area contributed by atoms with Gasteiger partial charge in [-0.1, -0.05) is 13.8 Å². The lowest BCUT2D eigenvalue weighted by Crippen LogP contribution is -2.47. The standard InChI is InChI=1S/C22H29N3O5S/c1-6-30-18-11-7-16(8-12-18)21(26)24-20(15(2)3)22(27)23-17-9-13-19(14-10-17)31(28,29)25(4)5/h7-15,20H,6H2,1-5H3,(H,23,27)(H,24,26)/t20-/m1/s1. The summed E-state index contributed by atoms with van der Waals surface area (Å²) in [6.07, 6.45) is 0. The van der Waals surface area contributed by atoms with Crippen molar-refractivity contribution in [3.8, 4) is 5.75 Å². The van der Waals surface area contributed by atoms with Crippen LogP contribution in [0.3, 0.4) is 0 Å². The molecule has 168 valence electrons. The van der Waals surface area contributed by atoms with Crippen LogP contribution in [0.15, 0.2) is 53.4 Å². The monoisotopic (exact) mass is 447 g/mol. The van der Waals surface area contributed by atoms with Crippen molar-refractivity contribution in [2.24, 2.45) is 5.92 Å². The second kappa shape index (κ2) is 10.4. The van der Waals surface area contributed by atoms with Gasteiger partial charge in [-0.15, -0.1) is 0 Å². The maximum absolute atomic E-state index is 12.8. The van der Waals surface area contributed by atoms with Crippen molar-refractivity contribution >= 4 is 27.5 Å². The Hall–Kier alpha value is -2.91. The number of hydrogen-bond donors (Lipinski definition) is 2. The molecule has 2 N–H and O–H groups in total. The molecule has 0 saturated carbocycles. The first-order valence-electron chi connectivity index (χ1n) is 9.93. The minimum Gasteiger partial charge on any atom is -0.494 e. The van der Waals surface area contributed by atoms with Crippen LogP contribution in [-0.4, -0.2) is 51.3 Å². The number of sulfonamides is 1. The lowest BCUT2D eigenvalue weighted by molar-refractivity contribution is -0.118. The Morgan fingerprint density at radius 3 is 2.06 bits per heavy atom. The molecule has 2 aromatic carbocycles. The van der Waals surface area contributed by atoms with Crippen LogP contribution >= 0.6 is 0 Å². The fourth-order valence-corrected chi connectivity index (χ4v) is 3.67. The Balaban J connectivity index is 2.09. The highest BCUT2D eigenvalue weighted by molar-refractivity contribution is 7.89. The molecular formula is C22H29N3O5S. The number of anilines is 1. The van der Waals surface area contributed by atoms with Gasteiger partial charge in [-0.05, 0) is 61.4 Å². The number of benzene rings is 2. The molecule has 1 atom stereocenters. The Kier molecular flexibility index (Phi) is 8.18. The average Bonchev–Trinajstić information content (AvgIpc) is 2.72. The summed E-state index contributed by atoms with van der Waals surface area (Å²) in [7, 11) is -0.651. The van der Waals surface area contributed by atoms with Gasteiger partial charge >= 0.3 is 0 Å². The van der Waals surface area contributed by atoms with E-state index in [1.807, 2.05) is 20.8 Å². The van der Waals surface area contributed by atoms with Crippen molar-refractivity contribution < 1.29 is 22.7 Å². The molecule has 0 spiro atoms. The number of carbonyl (C=O) groups is 2. The Morgan fingerprint density at radius 2 is 1.58 bits per heavy atom. The third-order valence-electron chi connectivity index (χ3n) is 4.56. The highest BCUT2D eigenvalue weighted by Crippen LogP contribution is 2.18. The van der Waals surface area contributed by atoms with Crippen LogP contribution in [0.2, 0.25) is 0 Å². The summed E-state index contributed by atoms with van der Waals surface area (Å²) in [6, 6.07) is 11.8. The van der Waals surface area contributed by atoms with E-state index in [0.29, 0.717) is 23.6 Å². The zero-order valence-corrected chi connectivity index (χ0v) is 19.2. The van der Waals surface area contributed by atoms with Crippen LogP contribution < -0.4 is 15.4 Å². The third kappa shape index (κ3) is 6.28. The first-order valence-corrected chi connectivity index (χ1v) is 11.4. The number of nitrogens with zero attached hydrogens (tertiary/aromatic N) is 1. The molecule has 0 fully saturated rings. The van der Waals surface area contributed by atoms with Crippen LogP contribution in [0.5, 0.6) is 5.75 Å².